The van der Waals surface area contributed by atoms with Crippen molar-refractivity contribution in [2.24, 2.45) is 0 Å². The van der Waals surface area contributed by atoms with E-state index < -0.39 is 23.5 Å². The van der Waals surface area contributed by atoms with Crippen molar-refractivity contribution in [1.82, 2.24) is 5.32 Å². The van der Waals surface area contributed by atoms with Crippen LogP contribution in [0.15, 0.2) is 82.8 Å². The van der Waals surface area contributed by atoms with Crippen LogP contribution < -0.4 is 20.3 Å². The summed E-state index contributed by atoms with van der Waals surface area (Å²) < 4.78 is 19.0. The first-order valence-electron chi connectivity index (χ1n) is 10.3. The second-order valence-electron chi connectivity index (χ2n) is 7.33. The minimum atomic E-state index is -0.596. The number of nitrogens with zero attached hydrogens (tertiary/aromatic N) is 1. The van der Waals surface area contributed by atoms with Crippen molar-refractivity contribution in [3.8, 4) is 5.75 Å². The third kappa shape index (κ3) is 5.79. The van der Waals surface area contributed by atoms with E-state index in [1.165, 1.54) is 35.2 Å². The van der Waals surface area contributed by atoms with Crippen LogP contribution in [0.2, 0.25) is 0 Å². The molecule has 0 saturated carbocycles. The van der Waals surface area contributed by atoms with Crippen LogP contribution in [0.5, 0.6) is 5.75 Å². The van der Waals surface area contributed by atoms with Gasteiger partial charge in [-0.25, -0.2) is 4.39 Å². The van der Waals surface area contributed by atoms with Crippen LogP contribution in [-0.4, -0.2) is 29.4 Å². The van der Waals surface area contributed by atoms with Gasteiger partial charge in [0.05, 0.1) is 10.2 Å². The summed E-state index contributed by atoms with van der Waals surface area (Å²) in [4.78, 5) is 38.9. The van der Waals surface area contributed by atoms with Gasteiger partial charge in [0.25, 0.3) is 17.7 Å². The van der Waals surface area contributed by atoms with Gasteiger partial charge in [0.2, 0.25) is 0 Å². The van der Waals surface area contributed by atoms with Gasteiger partial charge in [-0.15, -0.1) is 0 Å². The van der Waals surface area contributed by atoms with Gasteiger partial charge < -0.3 is 10.1 Å². The Balaban J connectivity index is 1.46. The molecule has 3 amide bonds. The minimum absolute atomic E-state index is 0.00666. The molecule has 7 nitrogen and oxygen atoms in total. The van der Waals surface area contributed by atoms with Crippen molar-refractivity contribution < 1.29 is 23.5 Å². The number of thiocarbonyl (C=S) groups is 1. The summed E-state index contributed by atoms with van der Waals surface area (Å²) in [7, 11) is 0. The molecule has 0 aromatic heterocycles. The standard InChI is InChI=1S/C25H17BrFN3O4S/c26-20-13-15(6-11-21(20)34-14-22(31)28-17-9-7-16(27)8-10-17)12-19-23(32)29-25(35)30(24(19)33)18-4-2-1-3-5-18/h1-13H,14H2,(H,28,31)(H,29,32,35)/b19-12-. The lowest BCUT2D eigenvalue weighted by Crippen LogP contribution is -2.54. The first kappa shape index (κ1) is 24.2. The molecule has 1 fully saturated rings. The second-order valence-corrected chi connectivity index (χ2v) is 8.57. The third-order valence-corrected chi connectivity index (χ3v) is 5.77. The molecule has 0 unspecified atom stereocenters. The molecule has 1 aliphatic rings. The number of ether oxygens (including phenoxy) is 1. The summed E-state index contributed by atoms with van der Waals surface area (Å²) in [5.41, 5.74) is 1.46. The van der Waals surface area contributed by atoms with E-state index in [2.05, 4.69) is 26.6 Å². The summed E-state index contributed by atoms with van der Waals surface area (Å²) in [6.45, 7) is -0.277. The number of amides is 3. The number of rotatable bonds is 6. The van der Waals surface area contributed by atoms with E-state index in [1.54, 1.807) is 42.5 Å². The molecule has 0 atom stereocenters. The van der Waals surface area contributed by atoms with Crippen molar-refractivity contribution in [2.45, 2.75) is 0 Å². The fourth-order valence-electron chi connectivity index (χ4n) is 3.23. The summed E-state index contributed by atoms with van der Waals surface area (Å²) >= 11 is 8.57. The van der Waals surface area contributed by atoms with Crippen LogP contribution >= 0.6 is 28.1 Å². The number of hydrogen-bond donors (Lipinski definition) is 2. The highest BCUT2D eigenvalue weighted by molar-refractivity contribution is 9.10. The average Bonchev–Trinajstić information content (AvgIpc) is 2.83. The number of benzene rings is 3. The van der Waals surface area contributed by atoms with Gasteiger partial charge in [0.1, 0.15) is 17.1 Å². The minimum Gasteiger partial charge on any atom is -0.483 e. The molecule has 0 aliphatic carbocycles. The average molecular weight is 554 g/mol. The third-order valence-electron chi connectivity index (χ3n) is 4.87. The number of nitrogens with one attached hydrogen (secondary N) is 2. The lowest BCUT2D eigenvalue weighted by Gasteiger charge is -2.28. The molecule has 2 N–H and O–H groups in total. The van der Waals surface area contributed by atoms with Crippen LogP contribution in [0, 0.1) is 5.82 Å². The Morgan fingerprint density at radius 2 is 1.80 bits per heavy atom. The molecule has 3 aromatic carbocycles. The van der Waals surface area contributed by atoms with E-state index in [4.69, 9.17) is 17.0 Å². The lowest BCUT2D eigenvalue weighted by atomic mass is 10.1. The smallest absolute Gasteiger partial charge is 0.270 e. The number of anilines is 2. The second kappa shape index (κ2) is 10.6. The number of carbonyl (C=O) groups excluding carboxylic acids is 3. The van der Waals surface area contributed by atoms with Crippen LogP contribution in [0.25, 0.3) is 6.08 Å². The highest BCUT2D eigenvalue weighted by atomic mass is 79.9. The fraction of sp³-hybridized carbons (Fsp3) is 0.0400. The number of hydrogen-bond acceptors (Lipinski definition) is 5. The maximum absolute atomic E-state index is 13.1. The zero-order valence-electron chi connectivity index (χ0n) is 18.0. The first-order valence-corrected chi connectivity index (χ1v) is 11.5. The Hall–Kier alpha value is -3.89. The van der Waals surface area contributed by atoms with Crippen molar-refractivity contribution in [1.29, 1.82) is 0 Å². The highest BCUT2D eigenvalue weighted by Gasteiger charge is 2.34. The Morgan fingerprint density at radius 3 is 2.49 bits per heavy atom. The van der Waals surface area contributed by atoms with E-state index >= 15 is 0 Å². The molecule has 176 valence electrons. The number of para-hydroxylation sites is 1. The number of halogens is 2. The molecule has 1 saturated heterocycles. The van der Waals surface area contributed by atoms with Crippen LogP contribution in [-0.2, 0) is 14.4 Å². The van der Waals surface area contributed by atoms with Gasteiger partial charge in [-0.3, -0.25) is 24.6 Å². The van der Waals surface area contributed by atoms with E-state index in [0.717, 1.165) is 0 Å². The lowest BCUT2D eigenvalue weighted by molar-refractivity contribution is -0.122. The van der Waals surface area contributed by atoms with Crippen LogP contribution in [0.4, 0.5) is 15.8 Å². The van der Waals surface area contributed by atoms with Gasteiger partial charge in [-0.05, 0) is 88.3 Å². The summed E-state index contributed by atoms with van der Waals surface area (Å²) in [5, 5.41) is 5.15. The molecule has 4 rings (SSSR count). The van der Waals surface area contributed by atoms with Crippen molar-refractivity contribution in [3.63, 3.8) is 0 Å². The molecule has 1 aliphatic heterocycles. The Kier molecular flexibility index (Phi) is 7.33. The van der Waals surface area contributed by atoms with E-state index in [-0.39, 0.29) is 17.3 Å². The highest BCUT2D eigenvalue weighted by Crippen LogP contribution is 2.28. The normalized spacial score (nSPS) is 14.6. The molecule has 3 aromatic rings. The van der Waals surface area contributed by atoms with E-state index in [1.807, 2.05) is 6.07 Å². The largest absolute Gasteiger partial charge is 0.483 e. The zero-order chi connectivity index (χ0) is 24.9. The summed E-state index contributed by atoms with van der Waals surface area (Å²) in [5.74, 6) is -1.58. The molecule has 10 heteroatoms. The molecule has 0 bridgehead atoms. The van der Waals surface area contributed by atoms with Crippen molar-refractivity contribution in [3.05, 3.63) is 94.2 Å². The maximum Gasteiger partial charge on any atom is 0.270 e. The van der Waals surface area contributed by atoms with Crippen LogP contribution in [0.3, 0.4) is 0 Å². The van der Waals surface area contributed by atoms with Gasteiger partial charge in [-0.1, -0.05) is 24.3 Å². The van der Waals surface area contributed by atoms with Gasteiger partial charge in [0.15, 0.2) is 11.7 Å². The van der Waals surface area contributed by atoms with Gasteiger partial charge in [0, 0.05) is 5.69 Å². The molecular formula is C25H17BrFN3O4S. The summed E-state index contributed by atoms with van der Waals surface area (Å²) in [6.07, 6.45) is 1.45. The predicted molar refractivity (Wildman–Crippen MR) is 137 cm³/mol. The van der Waals surface area contributed by atoms with E-state index in [0.29, 0.717) is 27.2 Å². The first-order chi connectivity index (χ1) is 16.8. The molecule has 0 radical (unpaired) electrons. The predicted octanol–water partition coefficient (Wildman–Crippen LogP) is 4.44. The molecular weight excluding hydrogens is 537 g/mol. The quantitative estimate of drug-likeness (QED) is 0.268. The molecule has 35 heavy (non-hydrogen) atoms. The zero-order valence-corrected chi connectivity index (χ0v) is 20.4. The Morgan fingerprint density at radius 1 is 1.09 bits per heavy atom. The molecule has 1 heterocycles. The molecule has 0 spiro atoms. The number of carbonyl (C=O) groups is 3. The SMILES string of the molecule is O=C(COc1ccc(/C=C2/C(=O)NC(=S)N(c3ccccc3)C2=O)cc1Br)Nc1ccc(F)cc1. The summed E-state index contributed by atoms with van der Waals surface area (Å²) in [6, 6.07) is 19.0. The Labute approximate surface area is 213 Å². The maximum atomic E-state index is 13.1. The van der Waals surface area contributed by atoms with Gasteiger partial charge >= 0.3 is 0 Å². The van der Waals surface area contributed by atoms with Crippen LogP contribution in [0.1, 0.15) is 5.56 Å². The van der Waals surface area contributed by atoms with Crippen molar-refractivity contribution in [2.75, 3.05) is 16.8 Å². The Bertz CT molecular complexity index is 1350. The van der Waals surface area contributed by atoms with Gasteiger partial charge in [-0.2, -0.15) is 0 Å². The monoisotopic (exact) mass is 553 g/mol. The van der Waals surface area contributed by atoms with Crippen molar-refractivity contribution >= 4 is 68.4 Å². The topological polar surface area (TPSA) is 87.7 Å². The fourth-order valence-corrected chi connectivity index (χ4v) is 4.03. The van der Waals surface area contributed by atoms with E-state index in [9.17, 15) is 18.8 Å².